The fourth-order valence-electron chi connectivity index (χ4n) is 2.15. The first-order valence-electron chi connectivity index (χ1n) is 5.10. The molecule has 0 spiro atoms. The summed E-state index contributed by atoms with van der Waals surface area (Å²) in [6.45, 7) is 4.47. The lowest BCUT2D eigenvalue weighted by molar-refractivity contribution is 0.0146. The maximum Gasteiger partial charge on any atom is 0.0621 e. The van der Waals surface area contributed by atoms with E-state index in [9.17, 15) is 0 Å². The molecule has 2 saturated heterocycles. The summed E-state index contributed by atoms with van der Waals surface area (Å²) in [5.41, 5.74) is 0. The first-order valence-corrected chi connectivity index (χ1v) is 5.10. The van der Waals surface area contributed by atoms with Gasteiger partial charge >= 0.3 is 0 Å². The van der Waals surface area contributed by atoms with Crippen molar-refractivity contribution >= 4 is 0 Å². The van der Waals surface area contributed by atoms with E-state index in [0.29, 0.717) is 0 Å². The highest BCUT2D eigenvalue weighted by molar-refractivity contribution is 4.82. The van der Waals surface area contributed by atoms with Crippen molar-refractivity contribution in [3.8, 4) is 0 Å². The van der Waals surface area contributed by atoms with Gasteiger partial charge in [-0.2, -0.15) is 0 Å². The van der Waals surface area contributed by atoms with Crippen molar-refractivity contribution in [2.75, 3.05) is 26.3 Å². The topological polar surface area (TPSA) is 12.5 Å². The first kappa shape index (κ1) is 8.52. The molecule has 2 rings (SSSR count). The van der Waals surface area contributed by atoms with E-state index in [4.69, 9.17) is 4.74 Å². The van der Waals surface area contributed by atoms with Crippen molar-refractivity contribution in [3.05, 3.63) is 6.42 Å². The third kappa shape index (κ3) is 1.99. The standard InChI is InChI=1S/C10H18NO/c1-2-6-11(7-3-1)10-5-4-8-12-9-10/h1,10H,2-9H2. The van der Waals surface area contributed by atoms with Gasteiger partial charge in [0.15, 0.2) is 0 Å². The number of likely N-dealkylation sites (tertiary alicyclic amines) is 1. The minimum Gasteiger partial charge on any atom is -0.380 e. The maximum atomic E-state index is 5.48. The van der Waals surface area contributed by atoms with Gasteiger partial charge in [0.1, 0.15) is 0 Å². The van der Waals surface area contributed by atoms with Gasteiger partial charge in [-0.3, -0.25) is 4.90 Å². The monoisotopic (exact) mass is 168 g/mol. The number of hydrogen-bond donors (Lipinski definition) is 0. The summed E-state index contributed by atoms with van der Waals surface area (Å²) >= 11 is 0. The van der Waals surface area contributed by atoms with Crippen molar-refractivity contribution < 1.29 is 4.74 Å². The normalized spacial score (nSPS) is 33.5. The van der Waals surface area contributed by atoms with Crippen LogP contribution in [0.2, 0.25) is 0 Å². The van der Waals surface area contributed by atoms with Crippen LogP contribution in [-0.2, 0) is 4.74 Å². The van der Waals surface area contributed by atoms with Crippen LogP contribution < -0.4 is 0 Å². The zero-order valence-corrected chi connectivity index (χ0v) is 7.67. The Balaban J connectivity index is 1.80. The van der Waals surface area contributed by atoms with Crippen LogP contribution in [-0.4, -0.2) is 37.2 Å². The summed E-state index contributed by atoms with van der Waals surface area (Å²) in [6, 6.07) is 0.729. The van der Waals surface area contributed by atoms with Crippen LogP contribution in [0.5, 0.6) is 0 Å². The Morgan fingerprint density at radius 3 is 2.75 bits per heavy atom. The number of piperidine rings is 1. The maximum absolute atomic E-state index is 5.48. The third-order valence-corrected chi connectivity index (χ3v) is 2.89. The molecule has 2 aliphatic rings. The lowest BCUT2D eigenvalue weighted by atomic mass is 10.0. The Labute approximate surface area is 74.9 Å². The van der Waals surface area contributed by atoms with E-state index in [1.54, 1.807) is 0 Å². The van der Waals surface area contributed by atoms with Crippen molar-refractivity contribution in [2.45, 2.75) is 31.7 Å². The molecule has 2 heteroatoms. The molecule has 69 valence electrons. The minimum atomic E-state index is 0.729. The average molecular weight is 168 g/mol. The number of hydrogen-bond acceptors (Lipinski definition) is 2. The molecule has 1 unspecified atom stereocenters. The van der Waals surface area contributed by atoms with Crippen LogP contribution in [0.25, 0.3) is 0 Å². The van der Waals surface area contributed by atoms with Gasteiger partial charge in [-0.1, -0.05) is 0 Å². The number of nitrogens with zero attached hydrogens (tertiary/aromatic N) is 1. The predicted octanol–water partition coefficient (Wildman–Crippen LogP) is 1.47. The Kier molecular flexibility index (Phi) is 3.01. The van der Waals surface area contributed by atoms with Crippen molar-refractivity contribution in [1.82, 2.24) is 4.90 Å². The average Bonchev–Trinajstić information content (AvgIpc) is 2.21. The molecule has 2 nitrogen and oxygen atoms in total. The van der Waals surface area contributed by atoms with Gasteiger partial charge in [0.25, 0.3) is 0 Å². The molecule has 2 heterocycles. The van der Waals surface area contributed by atoms with E-state index in [2.05, 4.69) is 11.3 Å². The van der Waals surface area contributed by atoms with Gasteiger partial charge in [-0.15, -0.1) is 0 Å². The SMILES string of the molecule is [CH]1CCN(C2CCCOC2)CC1. The van der Waals surface area contributed by atoms with Gasteiger partial charge in [-0.05, 0) is 45.2 Å². The van der Waals surface area contributed by atoms with Crippen LogP contribution in [0.3, 0.4) is 0 Å². The van der Waals surface area contributed by atoms with E-state index < -0.39 is 0 Å². The molecule has 1 radical (unpaired) electrons. The fraction of sp³-hybridized carbons (Fsp3) is 0.900. The molecule has 0 amide bonds. The smallest absolute Gasteiger partial charge is 0.0621 e. The summed E-state index contributed by atoms with van der Waals surface area (Å²) in [7, 11) is 0. The Morgan fingerprint density at radius 1 is 1.25 bits per heavy atom. The molecule has 0 aromatic carbocycles. The summed E-state index contributed by atoms with van der Waals surface area (Å²) in [4.78, 5) is 2.60. The van der Waals surface area contributed by atoms with Crippen LogP contribution in [0.15, 0.2) is 0 Å². The zero-order valence-electron chi connectivity index (χ0n) is 7.67. The van der Waals surface area contributed by atoms with Crippen molar-refractivity contribution in [2.24, 2.45) is 0 Å². The highest BCUT2D eigenvalue weighted by atomic mass is 16.5. The zero-order chi connectivity index (χ0) is 8.23. The van der Waals surface area contributed by atoms with Crippen molar-refractivity contribution in [1.29, 1.82) is 0 Å². The number of rotatable bonds is 1. The molecular formula is C10H18NO. The van der Waals surface area contributed by atoms with E-state index >= 15 is 0 Å². The highest BCUT2D eigenvalue weighted by Crippen LogP contribution is 2.17. The Morgan fingerprint density at radius 2 is 2.08 bits per heavy atom. The fourth-order valence-corrected chi connectivity index (χ4v) is 2.15. The Bertz CT molecular complexity index is 110. The van der Waals surface area contributed by atoms with E-state index in [-0.39, 0.29) is 0 Å². The molecule has 1 atom stereocenters. The van der Waals surface area contributed by atoms with Gasteiger partial charge in [0.2, 0.25) is 0 Å². The van der Waals surface area contributed by atoms with E-state index in [1.165, 1.54) is 38.8 Å². The molecule has 0 bridgehead atoms. The van der Waals surface area contributed by atoms with Gasteiger partial charge in [0.05, 0.1) is 6.61 Å². The first-order chi connectivity index (χ1) is 5.97. The van der Waals surface area contributed by atoms with Crippen LogP contribution in [0, 0.1) is 6.42 Å². The van der Waals surface area contributed by atoms with Gasteiger partial charge in [-0.25, -0.2) is 0 Å². The van der Waals surface area contributed by atoms with Gasteiger partial charge in [0, 0.05) is 12.6 Å². The Hall–Kier alpha value is -0.0800. The summed E-state index contributed by atoms with van der Waals surface area (Å²) in [5.74, 6) is 0. The van der Waals surface area contributed by atoms with E-state index in [0.717, 1.165) is 19.3 Å². The second-order valence-corrected chi connectivity index (χ2v) is 3.77. The molecule has 2 fully saturated rings. The molecule has 0 aromatic heterocycles. The van der Waals surface area contributed by atoms with Crippen LogP contribution in [0.1, 0.15) is 25.7 Å². The molecule has 0 saturated carbocycles. The molecule has 0 aliphatic carbocycles. The minimum absolute atomic E-state index is 0.729. The van der Waals surface area contributed by atoms with Gasteiger partial charge < -0.3 is 4.74 Å². The molecular weight excluding hydrogens is 150 g/mol. The van der Waals surface area contributed by atoms with Crippen molar-refractivity contribution in [3.63, 3.8) is 0 Å². The van der Waals surface area contributed by atoms with E-state index in [1.807, 2.05) is 0 Å². The second kappa shape index (κ2) is 4.24. The number of ether oxygens (including phenoxy) is 1. The molecule has 12 heavy (non-hydrogen) atoms. The molecule has 0 N–H and O–H groups in total. The largest absolute Gasteiger partial charge is 0.380 e. The summed E-state index contributed by atoms with van der Waals surface area (Å²) in [6.07, 6.45) is 7.55. The molecule has 2 aliphatic heterocycles. The quantitative estimate of drug-likeness (QED) is 0.588. The lowest BCUT2D eigenvalue weighted by Gasteiger charge is -2.36. The van der Waals surface area contributed by atoms with Crippen LogP contribution in [0.4, 0.5) is 0 Å². The second-order valence-electron chi connectivity index (χ2n) is 3.77. The summed E-state index contributed by atoms with van der Waals surface area (Å²) in [5, 5.41) is 0. The lowest BCUT2D eigenvalue weighted by Crippen LogP contribution is -2.43. The third-order valence-electron chi connectivity index (χ3n) is 2.89. The summed E-state index contributed by atoms with van der Waals surface area (Å²) < 4.78 is 5.48. The molecule has 0 aromatic rings. The highest BCUT2D eigenvalue weighted by Gasteiger charge is 2.22. The predicted molar refractivity (Wildman–Crippen MR) is 48.9 cm³/mol. The van der Waals surface area contributed by atoms with Crippen LogP contribution >= 0.6 is 0 Å².